The molecular formula is C25H27Cl2N3O3. The fourth-order valence-corrected chi connectivity index (χ4v) is 4.37. The molecule has 1 aliphatic rings. The van der Waals surface area contributed by atoms with Gasteiger partial charge < -0.3 is 14.5 Å². The van der Waals surface area contributed by atoms with Crippen molar-refractivity contribution < 1.29 is 13.9 Å². The van der Waals surface area contributed by atoms with E-state index in [0.717, 1.165) is 30.6 Å². The molecule has 33 heavy (non-hydrogen) atoms. The van der Waals surface area contributed by atoms with E-state index in [1.54, 1.807) is 6.07 Å². The number of rotatable bonds is 9. The van der Waals surface area contributed by atoms with Crippen LogP contribution in [0.4, 0.5) is 0 Å². The van der Waals surface area contributed by atoms with Gasteiger partial charge in [-0.25, -0.2) is 4.98 Å². The van der Waals surface area contributed by atoms with Crippen molar-refractivity contribution in [2.24, 2.45) is 0 Å². The molecule has 8 heteroatoms. The van der Waals surface area contributed by atoms with E-state index in [1.807, 2.05) is 30.3 Å². The standard InChI is InChI=1S/C25H27Cl2N3O3/c1-17(18-6-3-2-4-7-18)30(14-19-9-10-20(26)12-22(19)27)15-24-29-23(16-33-24)25(31)28-13-21-8-5-11-32-21/h2-4,6-7,9-10,12,16-17,21H,5,8,11,13-15H2,1H3,(H,28,31). The van der Waals surface area contributed by atoms with Crippen molar-refractivity contribution in [3.63, 3.8) is 0 Å². The number of halogens is 2. The summed E-state index contributed by atoms with van der Waals surface area (Å²) in [6.07, 6.45) is 3.47. The minimum Gasteiger partial charge on any atom is -0.447 e. The zero-order chi connectivity index (χ0) is 23.2. The quantitative estimate of drug-likeness (QED) is 0.422. The lowest BCUT2D eigenvalue weighted by atomic mass is 10.1. The van der Waals surface area contributed by atoms with Gasteiger partial charge in [-0.2, -0.15) is 0 Å². The summed E-state index contributed by atoms with van der Waals surface area (Å²) in [6.45, 7) is 4.33. The number of oxazole rings is 1. The zero-order valence-corrected chi connectivity index (χ0v) is 20.0. The number of amides is 1. The second-order valence-electron chi connectivity index (χ2n) is 8.20. The van der Waals surface area contributed by atoms with Crippen molar-refractivity contribution in [1.82, 2.24) is 15.2 Å². The molecule has 0 spiro atoms. The van der Waals surface area contributed by atoms with Gasteiger partial charge in [0.2, 0.25) is 5.89 Å². The van der Waals surface area contributed by atoms with E-state index in [0.29, 0.717) is 35.6 Å². The molecular weight excluding hydrogens is 461 g/mol. The van der Waals surface area contributed by atoms with E-state index in [4.69, 9.17) is 32.4 Å². The Kier molecular flexibility index (Phi) is 8.04. The molecule has 6 nitrogen and oxygen atoms in total. The molecule has 1 fully saturated rings. The Bertz CT molecular complexity index is 1070. The molecule has 0 aliphatic carbocycles. The monoisotopic (exact) mass is 487 g/mol. The van der Waals surface area contributed by atoms with Crippen molar-refractivity contribution >= 4 is 29.1 Å². The highest BCUT2D eigenvalue weighted by Gasteiger charge is 2.22. The highest BCUT2D eigenvalue weighted by molar-refractivity contribution is 6.35. The predicted molar refractivity (Wildman–Crippen MR) is 128 cm³/mol. The van der Waals surface area contributed by atoms with Crippen LogP contribution in [-0.4, -0.2) is 35.0 Å². The lowest BCUT2D eigenvalue weighted by Gasteiger charge is -2.28. The third-order valence-corrected chi connectivity index (χ3v) is 6.44. The van der Waals surface area contributed by atoms with Crippen LogP contribution >= 0.6 is 23.2 Å². The Labute approximate surface area is 203 Å². The van der Waals surface area contributed by atoms with Crippen LogP contribution < -0.4 is 5.32 Å². The fraction of sp³-hybridized carbons (Fsp3) is 0.360. The Hall–Kier alpha value is -2.38. The smallest absolute Gasteiger partial charge is 0.273 e. The third kappa shape index (κ3) is 6.36. The van der Waals surface area contributed by atoms with Gasteiger partial charge >= 0.3 is 0 Å². The summed E-state index contributed by atoms with van der Waals surface area (Å²) in [6, 6.07) is 15.7. The summed E-state index contributed by atoms with van der Waals surface area (Å²) in [4.78, 5) is 19.1. The molecule has 1 aliphatic heterocycles. The summed E-state index contributed by atoms with van der Waals surface area (Å²) in [7, 11) is 0. The summed E-state index contributed by atoms with van der Waals surface area (Å²) < 4.78 is 11.2. The van der Waals surface area contributed by atoms with Crippen LogP contribution in [0.15, 0.2) is 59.2 Å². The fourth-order valence-electron chi connectivity index (χ4n) is 3.90. The second-order valence-corrected chi connectivity index (χ2v) is 9.04. The number of hydrogen-bond acceptors (Lipinski definition) is 5. The number of nitrogens with one attached hydrogen (secondary N) is 1. The van der Waals surface area contributed by atoms with Gasteiger partial charge in [-0.1, -0.05) is 59.6 Å². The van der Waals surface area contributed by atoms with Gasteiger partial charge in [-0.3, -0.25) is 9.69 Å². The Morgan fingerprint density at radius 2 is 2.03 bits per heavy atom. The van der Waals surface area contributed by atoms with Crippen LogP contribution in [0.25, 0.3) is 0 Å². The average Bonchev–Trinajstić information content (AvgIpc) is 3.51. The number of ether oxygens (including phenoxy) is 1. The molecule has 4 rings (SSSR count). The number of benzene rings is 2. The van der Waals surface area contributed by atoms with E-state index in [1.165, 1.54) is 6.26 Å². The molecule has 1 saturated heterocycles. The number of nitrogens with zero attached hydrogens (tertiary/aromatic N) is 2. The van der Waals surface area contributed by atoms with Crippen molar-refractivity contribution in [1.29, 1.82) is 0 Å². The van der Waals surface area contributed by atoms with Crippen LogP contribution in [0, 0.1) is 0 Å². The average molecular weight is 488 g/mol. The summed E-state index contributed by atoms with van der Waals surface area (Å²) in [5.74, 6) is 0.203. The van der Waals surface area contributed by atoms with Crippen molar-refractivity contribution in [3.8, 4) is 0 Å². The van der Waals surface area contributed by atoms with Gasteiger partial charge in [-0.05, 0) is 43.0 Å². The first-order valence-corrected chi connectivity index (χ1v) is 11.8. The summed E-state index contributed by atoms with van der Waals surface area (Å²) in [5, 5.41) is 4.08. The summed E-state index contributed by atoms with van der Waals surface area (Å²) in [5.41, 5.74) is 2.37. The zero-order valence-electron chi connectivity index (χ0n) is 18.5. The molecule has 2 aromatic carbocycles. The first kappa shape index (κ1) is 23.8. The molecule has 0 bridgehead atoms. The topological polar surface area (TPSA) is 67.6 Å². The molecule has 2 heterocycles. The van der Waals surface area contributed by atoms with Crippen LogP contribution in [0.2, 0.25) is 10.0 Å². The van der Waals surface area contributed by atoms with Gasteiger partial charge in [0.25, 0.3) is 5.91 Å². The highest BCUT2D eigenvalue weighted by atomic mass is 35.5. The minimum absolute atomic E-state index is 0.0571. The van der Waals surface area contributed by atoms with E-state index in [9.17, 15) is 4.79 Å². The van der Waals surface area contributed by atoms with Gasteiger partial charge in [0, 0.05) is 35.8 Å². The molecule has 1 amide bonds. The maximum absolute atomic E-state index is 12.5. The normalized spacial score (nSPS) is 16.8. The maximum atomic E-state index is 12.5. The molecule has 0 radical (unpaired) electrons. The number of carbonyl (C=O) groups excluding carboxylic acids is 1. The summed E-state index contributed by atoms with van der Waals surface area (Å²) >= 11 is 12.5. The number of aromatic nitrogens is 1. The van der Waals surface area contributed by atoms with E-state index in [-0.39, 0.29) is 23.7 Å². The van der Waals surface area contributed by atoms with E-state index in [2.05, 4.69) is 34.3 Å². The Morgan fingerprint density at radius 3 is 2.76 bits per heavy atom. The van der Waals surface area contributed by atoms with Crippen molar-refractivity contribution in [3.05, 3.63) is 87.6 Å². The highest BCUT2D eigenvalue weighted by Crippen LogP contribution is 2.28. The first-order chi connectivity index (χ1) is 16.0. The Balaban J connectivity index is 1.48. The van der Waals surface area contributed by atoms with Crippen LogP contribution in [-0.2, 0) is 17.8 Å². The minimum atomic E-state index is -0.260. The van der Waals surface area contributed by atoms with E-state index >= 15 is 0 Å². The van der Waals surface area contributed by atoms with Gasteiger partial charge in [0.05, 0.1) is 12.6 Å². The second kappa shape index (κ2) is 11.2. The lowest BCUT2D eigenvalue weighted by molar-refractivity contribution is 0.0853. The van der Waals surface area contributed by atoms with Gasteiger partial charge in [0.1, 0.15) is 6.26 Å². The van der Waals surface area contributed by atoms with Crippen LogP contribution in [0.1, 0.15) is 53.3 Å². The van der Waals surface area contributed by atoms with Gasteiger partial charge in [-0.15, -0.1) is 0 Å². The first-order valence-electron chi connectivity index (χ1n) is 11.1. The van der Waals surface area contributed by atoms with E-state index < -0.39 is 0 Å². The molecule has 1 N–H and O–H groups in total. The van der Waals surface area contributed by atoms with Crippen LogP contribution in [0.5, 0.6) is 0 Å². The molecule has 174 valence electrons. The number of hydrogen-bond donors (Lipinski definition) is 1. The van der Waals surface area contributed by atoms with Crippen molar-refractivity contribution in [2.75, 3.05) is 13.2 Å². The van der Waals surface area contributed by atoms with Crippen LogP contribution in [0.3, 0.4) is 0 Å². The number of carbonyl (C=O) groups is 1. The van der Waals surface area contributed by atoms with Crippen molar-refractivity contribution in [2.45, 2.75) is 45.0 Å². The molecule has 3 aromatic rings. The molecule has 2 atom stereocenters. The SMILES string of the molecule is CC(c1ccccc1)N(Cc1nc(C(=O)NCC2CCCO2)co1)Cc1ccc(Cl)cc1Cl. The predicted octanol–water partition coefficient (Wildman–Crippen LogP) is 5.65. The van der Waals surface area contributed by atoms with Gasteiger partial charge in [0.15, 0.2) is 5.69 Å². The molecule has 2 unspecified atom stereocenters. The maximum Gasteiger partial charge on any atom is 0.273 e. The molecule has 1 aromatic heterocycles. The third-order valence-electron chi connectivity index (χ3n) is 5.86. The largest absolute Gasteiger partial charge is 0.447 e. The molecule has 0 saturated carbocycles. The lowest BCUT2D eigenvalue weighted by Crippen LogP contribution is -2.32. The Morgan fingerprint density at radius 1 is 1.21 bits per heavy atom.